The summed E-state index contributed by atoms with van der Waals surface area (Å²) in [5.41, 5.74) is 5.10. The summed E-state index contributed by atoms with van der Waals surface area (Å²) in [5, 5.41) is 10.3. The van der Waals surface area contributed by atoms with Crippen molar-refractivity contribution in [2.45, 2.75) is 31.5 Å². The molecule has 33 heavy (non-hydrogen) atoms. The van der Waals surface area contributed by atoms with Crippen LogP contribution in [0.3, 0.4) is 0 Å². The van der Waals surface area contributed by atoms with Gasteiger partial charge in [-0.3, -0.25) is 4.79 Å². The highest BCUT2D eigenvalue weighted by Crippen LogP contribution is 2.31. The zero-order chi connectivity index (χ0) is 22.6. The largest absolute Gasteiger partial charge is 0.394 e. The van der Waals surface area contributed by atoms with E-state index in [1.54, 1.807) is 0 Å². The Labute approximate surface area is 194 Å². The van der Waals surface area contributed by atoms with Crippen molar-refractivity contribution in [3.8, 4) is 0 Å². The molecule has 166 valence electrons. The van der Waals surface area contributed by atoms with E-state index in [9.17, 15) is 9.90 Å². The number of benzene rings is 3. The number of nitrogens with zero attached hydrogens (tertiary/aromatic N) is 3. The summed E-state index contributed by atoms with van der Waals surface area (Å²) in [6.45, 7) is 1.04. The third-order valence-electron chi connectivity index (χ3n) is 6.42. The zero-order valence-electron chi connectivity index (χ0n) is 18.4. The lowest BCUT2D eigenvalue weighted by molar-refractivity contribution is -0.136. The highest BCUT2D eigenvalue weighted by atomic mass is 16.3. The quantitative estimate of drug-likeness (QED) is 0.496. The first kappa shape index (κ1) is 21.2. The van der Waals surface area contributed by atoms with Crippen molar-refractivity contribution in [2.24, 2.45) is 0 Å². The second-order valence-corrected chi connectivity index (χ2v) is 8.51. The van der Waals surface area contributed by atoms with Crippen molar-refractivity contribution in [3.63, 3.8) is 0 Å². The summed E-state index contributed by atoms with van der Waals surface area (Å²) in [6.07, 6.45) is 2.44. The Balaban J connectivity index is 1.46. The fourth-order valence-corrected chi connectivity index (χ4v) is 4.71. The number of aliphatic hydroxyl groups excluding tert-OH is 1. The summed E-state index contributed by atoms with van der Waals surface area (Å²) >= 11 is 0. The normalized spacial score (nSPS) is 15.5. The lowest BCUT2D eigenvalue weighted by Crippen LogP contribution is -2.48. The SMILES string of the molecule is O=C(C(c1ccccc1)c1ccccc1)N1Cc2ncn(Cc3ccccc3)c2CC1CO. The van der Waals surface area contributed by atoms with Crippen LogP contribution in [0.2, 0.25) is 0 Å². The predicted molar refractivity (Wildman–Crippen MR) is 128 cm³/mol. The molecule has 0 spiro atoms. The number of fused-ring (bicyclic) bond motifs is 1. The van der Waals surface area contributed by atoms with Crippen molar-refractivity contribution in [3.05, 3.63) is 125 Å². The molecule has 1 unspecified atom stereocenters. The minimum atomic E-state index is -0.422. The third-order valence-corrected chi connectivity index (χ3v) is 6.42. The molecule has 0 bridgehead atoms. The minimum Gasteiger partial charge on any atom is -0.394 e. The van der Waals surface area contributed by atoms with Gasteiger partial charge in [0.15, 0.2) is 0 Å². The molecule has 2 heterocycles. The summed E-state index contributed by atoms with van der Waals surface area (Å²) in [4.78, 5) is 20.4. The van der Waals surface area contributed by atoms with Crippen LogP contribution in [0.25, 0.3) is 0 Å². The molecule has 5 nitrogen and oxygen atoms in total. The first-order valence-electron chi connectivity index (χ1n) is 11.3. The third kappa shape index (κ3) is 4.32. The van der Waals surface area contributed by atoms with Gasteiger partial charge in [-0.05, 0) is 16.7 Å². The molecule has 1 atom stereocenters. The summed E-state index contributed by atoms with van der Waals surface area (Å²) < 4.78 is 2.14. The Morgan fingerprint density at radius 1 is 0.909 bits per heavy atom. The van der Waals surface area contributed by atoms with Crippen molar-refractivity contribution < 1.29 is 9.90 Å². The van der Waals surface area contributed by atoms with Gasteiger partial charge in [-0.25, -0.2) is 4.98 Å². The molecule has 1 amide bonds. The van der Waals surface area contributed by atoms with Crippen LogP contribution in [0, 0.1) is 0 Å². The van der Waals surface area contributed by atoms with E-state index in [0.717, 1.165) is 29.1 Å². The van der Waals surface area contributed by atoms with Crippen LogP contribution in [0.15, 0.2) is 97.3 Å². The molecular formula is C28H27N3O2. The van der Waals surface area contributed by atoms with Gasteiger partial charge in [-0.2, -0.15) is 0 Å². The van der Waals surface area contributed by atoms with Gasteiger partial charge in [0.25, 0.3) is 0 Å². The fourth-order valence-electron chi connectivity index (χ4n) is 4.71. The molecular weight excluding hydrogens is 410 g/mol. The number of hydrogen-bond donors (Lipinski definition) is 1. The van der Waals surface area contributed by atoms with E-state index in [-0.39, 0.29) is 18.6 Å². The molecule has 3 aromatic carbocycles. The molecule has 0 radical (unpaired) electrons. The highest BCUT2D eigenvalue weighted by molar-refractivity contribution is 5.87. The molecule has 0 saturated carbocycles. The summed E-state index contributed by atoms with van der Waals surface area (Å²) in [7, 11) is 0. The molecule has 1 aliphatic rings. The fraction of sp³-hybridized carbons (Fsp3) is 0.214. The zero-order valence-corrected chi connectivity index (χ0v) is 18.4. The second-order valence-electron chi connectivity index (χ2n) is 8.51. The first-order valence-corrected chi connectivity index (χ1v) is 11.3. The standard InChI is InChI=1S/C28H27N3O2/c32-19-24-16-26-25(29-20-30(26)17-21-10-4-1-5-11-21)18-31(24)28(33)27(22-12-6-2-7-13-22)23-14-8-3-9-15-23/h1-15,20,24,27,32H,16-19H2. The van der Waals surface area contributed by atoms with Gasteiger partial charge < -0.3 is 14.6 Å². The average molecular weight is 438 g/mol. The van der Waals surface area contributed by atoms with E-state index in [1.807, 2.05) is 90.1 Å². The summed E-state index contributed by atoms with van der Waals surface area (Å²) in [6, 6.07) is 29.7. The van der Waals surface area contributed by atoms with E-state index in [1.165, 1.54) is 5.56 Å². The topological polar surface area (TPSA) is 58.4 Å². The molecule has 1 N–H and O–H groups in total. The maximum Gasteiger partial charge on any atom is 0.235 e. The second kappa shape index (κ2) is 9.43. The Morgan fingerprint density at radius 2 is 1.48 bits per heavy atom. The first-order chi connectivity index (χ1) is 16.2. The molecule has 5 heteroatoms. The Kier molecular flexibility index (Phi) is 6.05. The number of hydrogen-bond acceptors (Lipinski definition) is 3. The highest BCUT2D eigenvalue weighted by Gasteiger charge is 2.36. The van der Waals surface area contributed by atoms with E-state index >= 15 is 0 Å². The molecule has 1 aromatic heterocycles. The number of amides is 1. The van der Waals surface area contributed by atoms with Gasteiger partial charge in [-0.15, -0.1) is 0 Å². The van der Waals surface area contributed by atoms with Crippen molar-refractivity contribution >= 4 is 5.91 Å². The number of carbonyl (C=O) groups excluding carboxylic acids is 1. The molecule has 0 aliphatic carbocycles. The van der Waals surface area contributed by atoms with E-state index in [2.05, 4.69) is 21.7 Å². The smallest absolute Gasteiger partial charge is 0.235 e. The van der Waals surface area contributed by atoms with Crippen molar-refractivity contribution in [1.82, 2.24) is 14.5 Å². The Bertz CT molecular complexity index is 1170. The van der Waals surface area contributed by atoms with Gasteiger partial charge >= 0.3 is 0 Å². The number of aromatic nitrogens is 2. The number of carbonyl (C=O) groups is 1. The van der Waals surface area contributed by atoms with Crippen LogP contribution in [0.5, 0.6) is 0 Å². The van der Waals surface area contributed by atoms with Gasteiger partial charge in [0.1, 0.15) is 0 Å². The van der Waals surface area contributed by atoms with Gasteiger partial charge in [0.2, 0.25) is 5.91 Å². The monoisotopic (exact) mass is 437 g/mol. The maximum atomic E-state index is 14.0. The van der Waals surface area contributed by atoms with Gasteiger partial charge in [0.05, 0.1) is 37.1 Å². The van der Waals surface area contributed by atoms with Crippen molar-refractivity contribution in [1.29, 1.82) is 0 Å². The minimum absolute atomic E-state index is 0.00490. The van der Waals surface area contributed by atoms with Crippen LogP contribution in [-0.4, -0.2) is 38.1 Å². The summed E-state index contributed by atoms with van der Waals surface area (Å²) in [5.74, 6) is -0.427. The molecule has 0 saturated heterocycles. The van der Waals surface area contributed by atoms with Crippen LogP contribution in [-0.2, 0) is 24.3 Å². The number of imidazole rings is 1. The van der Waals surface area contributed by atoms with Crippen LogP contribution < -0.4 is 0 Å². The Morgan fingerprint density at radius 3 is 2.06 bits per heavy atom. The number of rotatable bonds is 6. The van der Waals surface area contributed by atoms with E-state index < -0.39 is 5.92 Å². The van der Waals surface area contributed by atoms with Crippen molar-refractivity contribution in [2.75, 3.05) is 6.61 Å². The molecule has 5 rings (SSSR count). The Hall–Kier alpha value is -3.70. The average Bonchev–Trinajstić information content (AvgIpc) is 3.26. The van der Waals surface area contributed by atoms with Crippen LogP contribution in [0.1, 0.15) is 34.0 Å². The lowest BCUT2D eigenvalue weighted by Gasteiger charge is -2.37. The number of aliphatic hydroxyl groups is 1. The van der Waals surface area contributed by atoms with E-state index in [4.69, 9.17) is 0 Å². The van der Waals surface area contributed by atoms with Gasteiger partial charge in [0, 0.05) is 18.7 Å². The molecule has 0 fully saturated rings. The van der Waals surface area contributed by atoms with Crippen LogP contribution >= 0.6 is 0 Å². The maximum absolute atomic E-state index is 14.0. The molecule has 1 aliphatic heterocycles. The predicted octanol–water partition coefficient (Wildman–Crippen LogP) is 4.01. The lowest BCUT2D eigenvalue weighted by atomic mass is 9.88. The van der Waals surface area contributed by atoms with E-state index in [0.29, 0.717) is 13.0 Å². The van der Waals surface area contributed by atoms with Gasteiger partial charge in [-0.1, -0.05) is 91.0 Å². The molecule has 4 aromatic rings. The van der Waals surface area contributed by atoms with Crippen LogP contribution in [0.4, 0.5) is 0 Å².